The number of rotatable bonds is 6. The maximum atomic E-state index is 12.1. The van der Waals surface area contributed by atoms with E-state index in [0.29, 0.717) is 20.5 Å². The highest BCUT2D eigenvalue weighted by atomic mass is 35.5. The summed E-state index contributed by atoms with van der Waals surface area (Å²) < 4.78 is 0. The molecule has 0 aromatic heterocycles. The van der Waals surface area contributed by atoms with Crippen LogP contribution in [0.4, 0.5) is 4.79 Å². The summed E-state index contributed by atoms with van der Waals surface area (Å²) in [6.45, 7) is 4.47. The topological polar surface area (TPSA) is 86.8 Å². The van der Waals surface area contributed by atoms with Crippen LogP contribution in [0, 0.1) is 0 Å². The van der Waals surface area contributed by atoms with Gasteiger partial charge in [0.25, 0.3) is 0 Å². The summed E-state index contributed by atoms with van der Waals surface area (Å²) in [4.78, 5) is 49.1. The van der Waals surface area contributed by atoms with Crippen LogP contribution in [0.3, 0.4) is 0 Å². The molecule has 0 saturated carbocycles. The lowest BCUT2D eigenvalue weighted by Gasteiger charge is -2.18. The second-order valence-corrected chi connectivity index (χ2v) is 6.16. The van der Waals surface area contributed by atoms with Crippen molar-refractivity contribution in [2.45, 2.75) is 13.0 Å². The van der Waals surface area contributed by atoms with Crippen molar-refractivity contribution in [2.24, 2.45) is 0 Å². The number of carbonyl (C=O) groups is 4. The van der Waals surface area contributed by atoms with Gasteiger partial charge in [-0.1, -0.05) is 35.3 Å². The Bertz CT molecular complexity index is 766. The van der Waals surface area contributed by atoms with E-state index >= 15 is 0 Å². The summed E-state index contributed by atoms with van der Waals surface area (Å²) in [6, 6.07) is 3.63. The monoisotopic (exact) mass is 383 g/mol. The summed E-state index contributed by atoms with van der Waals surface area (Å²) in [5, 5.41) is 3.37. The van der Waals surface area contributed by atoms with Crippen LogP contribution in [-0.4, -0.2) is 46.6 Å². The molecular weight excluding hydrogens is 369 g/mol. The maximum absolute atomic E-state index is 12.1. The average Bonchev–Trinajstić information content (AvgIpc) is 2.75. The molecule has 1 aromatic carbocycles. The summed E-state index contributed by atoms with van der Waals surface area (Å²) in [7, 11) is 0. The molecule has 0 unspecified atom stereocenters. The van der Waals surface area contributed by atoms with E-state index in [-0.39, 0.29) is 6.54 Å². The number of amides is 5. The molecule has 7 nitrogen and oxygen atoms in total. The van der Waals surface area contributed by atoms with Gasteiger partial charge in [-0.05, 0) is 24.6 Å². The van der Waals surface area contributed by atoms with Crippen LogP contribution < -0.4 is 5.32 Å². The minimum absolute atomic E-state index is 0.0960. The quantitative estimate of drug-likeness (QED) is 0.463. The number of carbonyl (C=O) groups excluding carboxylic acids is 4. The fourth-order valence-electron chi connectivity index (χ4n) is 2.28. The van der Waals surface area contributed by atoms with Crippen molar-refractivity contribution in [3.63, 3.8) is 0 Å². The van der Waals surface area contributed by atoms with E-state index in [4.69, 9.17) is 23.2 Å². The number of nitrogens with zero attached hydrogens (tertiary/aromatic N) is 2. The van der Waals surface area contributed by atoms with E-state index in [0.717, 1.165) is 4.90 Å². The summed E-state index contributed by atoms with van der Waals surface area (Å²) in [6.07, 6.45) is 1.32. The zero-order valence-corrected chi connectivity index (χ0v) is 14.8. The van der Waals surface area contributed by atoms with Crippen molar-refractivity contribution in [1.29, 1.82) is 0 Å². The maximum Gasteiger partial charge on any atom is 0.335 e. The molecule has 132 valence electrons. The molecule has 0 spiro atoms. The fraction of sp³-hybridized carbons (Fsp3) is 0.250. The lowest BCUT2D eigenvalue weighted by molar-refractivity contribution is -0.143. The van der Waals surface area contributed by atoms with Gasteiger partial charge in [0, 0.05) is 6.54 Å². The largest absolute Gasteiger partial charge is 0.348 e. The zero-order valence-electron chi connectivity index (χ0n) is 13.3. The first kappa shape index (κ1) is 19.0. The van der Waals surface area contributed by atoms with E-state index in [1.165, 1.54) is 6.08 Å². The van der Waals surface area contributed by atoms with Crippen LogP contribution in [-0.2, 0) is 14.4 Å². The van der Waals surface area contributed by atoms with Gasteiger partial charge < -0.3 is 5.32 Å². The van der Waals surface area contributed by atoms with E-state index in [2.05, 4.69) is 11.9 Å². The van der Waals surface area contributed by atoms with Crippen LogP contribution in [0.1, 0.15) is 18.5 Å². The van der Waals surface area contributed by atoms with Gasteiger partial charge in [0.15, 0.2) is 0 Å². The van der Waals surface area contributed by atoms with E-state index in [1.807, 2.05) is 0 Å². The lowest BCUT2D eigenvalue weighted by Crippen LogP contribution is -2.42. The van der Waals surface area contributed by atoms with Crippen molar-refractivity contribution < 1.29 is 19.2 Å². The predicted molar refractivity (Wildman–Crippen MR) is 92.0 cm³/mol. The lowest BCUT2D eigenvalue weighted by atomic mass is 10.1. The van der Waals surface area contributed by atoms with Gasteiger partial charge in [0.1, 0.15) is 6.54 Å². The Morgan fingerprint density at radius 1 is 1.20 bits per heavy atom. The predicted octanol–water partition coefficient (Wildman–Crippen LogP) is 2.15. The Hall–Kier alpha value is -2.38. The number of urea groups is 1. The summed E-state index contributed by atoms with van der Waals surface area (Å²) >= 11 is 11.8. The molecule has 1 N–H and O–H groups in total. The molecule has 1 atom stereocenters. The van der Waals surface area contributed by atoms with E-state index in [9.17, 15) is 19.2 Å². The zero-order chi connectivity index (χ0) is 18.7. The van der Waals surface area contributed by atoms with Gasteiger partial charge >= 0.3 is 17.8 Å². The van der Waals surface area contributed by atoms with Crippen LogP contribution in [0.5, 0.6) is 0 Å². The average molecular weight is 384 g/mol. The van der Waals surface area contributed by atoms with Gasteiger partial charge in [-0.2, -0.15) is 0 Å². The van der Waals surface area contributed by atoms with Crippen LogP contribution in [0.25, 0.3) is 0 Å². The molecule has 1 saturated heterocycles. The Labute approximate surface area is 154 Å². The second kappa shape index (κ2) is 7.67. The fourth-order valence-corrected chi connectivity index (χ4v) is 2.58. The highest BCUT2D eigenvalue weighted by Crippen LogP contribution is 2.25. The molecule has 25 heavy (non-hydrogen) atoms. The first-order valence-electron chi connectivity index (χ1n) is 7.28. The van der Waals surface area contributed by atoms with Gasteiger partial charge in [0.2, 0.25) is 5.91 Å². The molecule has 5 amide bonds. The molecule has 1 aromatic rings. The third-order valence-corrected chi connectivity index (χ3v) is 4.31. The number of hydrogen-bond donors (Lipinski definition) is 1. The molecule has 0 radical (unpaired) electrons. The van der Waals surface area contributed by atoms with Crippen LogP contribution in [0.15, 0.2) is 30.9 Å². The normalized spacial score (nSPS) is 15.6. The Kier molecular flexibility index (Phi) is 5.81. The van der Waals surface area contributed by atoms with Gasteiger partial charge in [-0.25, -0.2) is 9.69 Å². The number of hydrogen-bond acceptors (Lipinski definition) is 4. The van der Waals surface area contributed by atoms with Crippen molar-refractivity contribution in [1.82, 2.24) is 15.1 Å². The number of benzene rings is 1. The Balaban J connectivity index is 2.03. The number of halogens is 2. The minimum atomic E-state index is -1.04. The van der Waals surface area contributed by atoms with Crippen LogP contribution in [0.2, 0.25) is 10.0 Å². The van der Waals surface area contributed by atoms with Crippen molar-refractivity contribution in [3.05, 3.63) is 46.5 Å². The van der Waals surface area contributed by atoms with E-state index < -0.39 is 36.3 Å². The van der Waals surface area contributed by atoms with Gasteiger partial charge in [-0.3, -0.25) is 19.3 Å². The molecule has 0 aliphatic carbocycles. The second-order valence-electron chi connectivity index (χ2n) is 5.34. The molecule has 1 fully saturated rings. The molecule has 1 aliphatic heterocycles. The van der Waals surface area contributed by atoms with Crippen molar-refractivity contribution >= 4 is 47.0 Å². The van der Waals surface area contributed by atoms with Gasteiger partial charge in [0.05, 0.1) is 16.1 Å². The van der Waals surface area contributed by atoms with E-state index in [1.54, 1.807) is 25.1 Å². The minimum Gasteiger partial charge on any atom is -0.348 e. The molecule has 1 heterocycles. The summed E-state index contributed by atoms with van der Waals surface area (Å²) in [5.74, 6) is -2.60. The third-order valence-electron chi connectivity index (χ3n) is 3.57. The van der Waals surface area contributed by atoms with Crippen molar-refractivity contribution in [3.8, 4) is 0 Å². The highest BCUT2D eigenvalue weighted by Gasteiger charge is 2.44. The standard InChI is InChI=1S/C16H15Cl2N3O4/c1-3-6-20-14(23)15(24)21(16(20)25)8-13(22)19-9(2)10-4-5-11(17)12(18)7-10/h3-5,7,9H,1,6,8H2,2H3,(H,19,22)/t9-/m0/s1. The smallest absolute Gasteiger partial charge is 0.335 e. The molecule has 2 rings (SSSR count). The number of nitrogens with one attached hydrogen (secondary N) is 1. The third kappa shape index (κ3) is 4.00. The Morgan fingerprint density at radius 3 is 2.44 bits per heavy atom. The first-order chi connectivity index (χ1) is 11.8. The molecular formula is C16H15Cl2N3O4. The first-order valence-corrected chi connectivity index (χ1v) is 8.04. The SMILES string of the molecule is C=CCN1C(=O)C(=O)N(CC(=O)N[C@@H](C)c2ccc(Cl)c(Cl)c2)C1=O. The molecule has 0 bridgehead atoms. The van der Waals surface area contributed by atoms with Crippen LogP contribution >= 0.6 is 23.2 Å². The molecule has 9 heteroatoms. The summed E-state index contributed by atoms with van der Waals surface area (Å²) in [5.41, 5.74) is 0.700. The van der Waals surface area contributed by atoms with Gasteiger partial charge in [-0.15, -0.1) is 6.58 Å². The molecule has 1 aliphatic rings. The number of imide groups is 2. The highest BCUT2D eigenvalue weighted by molar-refractivity contribution is 6.45. The van der Waals surface area contributed by atoms with Crippen molar-refractivity contribution in [2.75, 3.05) is 13.1 Å². The Morgan fingerprint density at radius 2 is 1.84 bits per heavy atom.